The molecule has 1 aliphatic carbocycles. The number of nitrogens with one attached hydrogen (secondary N) is 1. The summed E-state index contributed by atoms with van der Waals surface area (Å²) in [5.74, 6) is -1.68. The van der Waals surface area contributed by atoms with Crippen molar-refractivity contribution in [1.29, 1.82) is 0 Å². The first-order valence-electron chi connectivity index (χ1n) is 10.6. The second-order valence-corrected chi connectivity index (χ2v) is 9.69. The monoisotopic (exact) mass is 477 g/mol. The maximum absolute atomic E-state index is 13.6. The van der Waals surface area contributed by atoms with Crippen molar-refractivity contribution in [2.75, 3.05) is 25.2 Å². The molecule has 0 fully saturated rings. The highest BCUT2D eigenvalue weighted by molar-refractivity contribution is 7.99. The van der Waals surface area contributed by atoms with E-state index in [-0.39, 0.29) is 18.3 Å². The lowest BCUT2D eigenvalue weighted by atomic mass is 9.69. The lowest BCUT2D eigenvalue weighted by Crippen LogP contribution is -2.43. The van der Waals surface area contributed by atoms with Crippen molar-refractivity contribution in [3.05, 3.63) is 57.4 Å². The van der Waals surface area contributed by atoms with Gasteiger partial charge in [-0.15, -0.1) is 0 Å². The van der Waals surface area contributed by atoms with Crippen LogP contribution in [0.25, 0.3) is 0 Å². The van der Waals surface area contributed by atoms with Crippen molar-refractivity contribution < 1.29 is 23.9 Å². The zero-order chi connectivity index (χ0) is 23.4. The van der Waals surface area contributed by atoms with E-state index in [1.807, 2.05) is 19.9 Å². The number of esters is 2. The molecule has 0 saturated carbocycles. The molecule has 1 heterocycles. The summed E-state index contributed by atoms with van der Waals surface area (Å²) >= 11 is 8.21. The fraction of sp³-hybridized carbons (Fsp3) is 0.458. The summed E-state index contributed by atoms with van der Waals surface area (Å²) in [4.78, 5) is 39.2. The Labute approximate surface area is 197 Å². The molecule has 3 atom stereocenters. The number of thioether (sulfide) groups is 1. The number of carbonyl (C=O) groups is 3. The van der Waals surface area contributed by atoms with Gasteiger partial charge in [-0.05, 0) is 36.6 Å². The van der Waals surface area contributed by atoms with Gasteiger partial charge >= 0.3 is 11.9 Å². The van der Waals surface area contributed by atoms with Crippen LogP contribution >= 0.6 is 23.4 Å². The largest absolute Gasteiger partial charge is 0.468 e. The molecule has 1 aromatic carbocycles. The number of methoxy groups -OCH3 is 1. The molecular formula is C24H28ClNO5S. The third kappa shape index (κ3) is 4.74. The van der Waals surface area contributed by atoms with Gasteiger partial charge in [0.25, 0.3) is 0 Å². The molecule has 8 heteroatoms. The number of ketones is 1. The maximum Gasteiger partial charge on any atom is 0.336 e. The second-order valence-electron chi connectivity index (χ2n) is 7.89. The first kappa shape index (κ1) is 24.4. The Morgan fingerprint density at radius 3 is 2.66 bits per heavy atom. The van der Waals surface area contributed by atoms with Crippen LogP contribution in [0.2, 0.25) is 5.02 Å². The van der Waals surface area contributed by atoms with Crippen LogP contribution in [0.15, 0.2) is 46.8 Å². The van der Waals surface area contributed by atoms with E-state index in [1.54, 1.807) is 36.9 Å². The van der Waals surface area contributed by atoms with Gasteiger partial charge in [0.15, 0.2) is 5.78 Å². The highest BCUT2D eigenvalue weighted by atomic mass is 35.5. The minimum atomic E-state index is -0.929. The van der Waals surface area contributed by atoms with Crippen molar-refractivity contribution in [2.24, 2.45) is 11.8 Å². The summed E-state index contributed by atoms with van der Waals surface area (Å²) in [7, 11) is 1.28. The predicted molar refractivity (Wildman–Crippen MR) is 125 cm³/mol. The Bertz CT molecular complexity index is 986. The van der Waals surface area contributed by atoms with Crippen LogP contribution in [-0.2, 0) is 23.9 Å². The fourth-order valence-electron chi connectivity index (χ4n) is 4.39. The van der Waals surface area contributed by atoms with Gasteiger partial charge in [0.1, 0.15) is 12.5 Å². The van der Waals surface area contributed by atoms with Crippen LogP contribution in [-0.4, -0.2) is 42.9 Å². The van der Waals surface area contributed by atoms with Crippen molar-refractivity contribution >= 4 is 41.1 Å². The molecule has 0 bridgehead atoms. The van der Waals surface area contributed by atoms with E-state index >= 15 is 0 Å². The molecule has 0 spiro atoms. The summed E-state index contributed by atoms with van der Waals surface area (Å²) in [5, 5.41) is 3.68. The summed E-state index contributed by atoms with van der Waals surface area (Å²) in [6.07, 6.45) is 0.481. The molecule has 2 aliphatic rings. The number of benzene rings is 1. The van der Waals surface area contributed by atoms with E-state index < -0.39 is 23.8 Å². The van der Waals surface area contributed by atoms with E-state index in [4.69, 9.17) is 21.1 Å². The summed E-state index contributed by atoms with van der Waals surface area (Å²) < 4.78 is 10.5. The molecule has 6 nitrogen and oxygen atoms in total. The van der Waals surface area contributed by atoms with Gasteiger partial charge in [-0.3, -0.25) is 9.59 Å². The highest BCUT2D eigenvalue weighted by Crippen LogP contribution is 2.46. The Morgan fingerprint density at radius 1 is 1.28 bits per heavy atom. The number of ether oxygens (including phenoxy) is 2. The summed E-state index contributed by atoms with van der Waals surface area (Å²) in [6, 6.07) is 7.13. The van der Waals surface area contributed by atoms with Crippen molar-refractivity contribution in [2.45, 2.75) is 33.1 Å². The minimum Gasteiger partial charge on any atom is -0.468 e. The first-order chi connectivity index (χ1) is 15.3. The quantitative estimate of drug-likeness (QED) is 0.357. The predicted octanol–water partition coefficient (Wildman–Crippen LogP) is 4.25. The molecule has 0 amide bonds. The topological polar surface area (TPSA) is 81.7 Å². The summed E-state index contributed by atoms with van der Waals surface area (Å²) in [6.45, 7) is 5.96. The number of dihydropyridines is 1. The molecule has 0 saturated heterocycles. The van der Waals surface area contributed by atoms with Gasteiger partial charge in [0.05, 0.1) is 12.7 Å². The average molecular weight is 478 g/mol. The van der Waals surface area contributed by atoms with Gasteiger partial charge in [0, 0.05) is 33.7 Å². The lowest BCUT2D eigenvalue weighted by molar-refractivity contribution is -0.151. The number of hydrogen-bond donors (Lipinski definition) is 1. The van der Waals surface area contributed by atoms with E-state index in [0.717, 1.165) is 5.75 Å². The lowest BCUT2D eigenvalue weighted by Gasteiger charge is -2.38. The smallest absolute Gasteiger partial charge is 0.336 e. The van der Waals surface area contributed by atoms with Gasteiger partial charge < -0.3 is 14.8 Å². The average Bonchev–Trinajstić information content (AvgIpc) is 2.75. The first-order valence-corrected chi connectivity index (χ1v) is 12.2. The Hall–Kier alpha value is -2.25. The Balaban J connectivity index is 2.09. The molecule has 1 N–H and O–H groups in total. The maximum atomic E-state index is 13.6. The number of hydrogen-bond acceptors (Lipinski definition) is 7. The van der Waals surface area contributed by atoms with Gasteiger partial charge in [-0.25, -0.2) is 4.79 Å². The van der Waals surface area contributed by atoms with Crippen molar-refractivity contribution in [1.82, 2.24) is 5.32 Å². The normalized spacial score (nSPS) is 22.9. The van der Waals surface area contributed by atoms with E-state index in [1.165, 1.54) is 7.11 Å². The number of rotatable bonds is 7. The highest BCUT2D eigenvalue weighted by Gasteiger charge is 2.47. The van der Waals surface area contributed by atoms with Gasteiger partial charge in [-0.1, -0.05) is 43.6 Å². The van der Waals surface area contributed by atoms with Crippen LogP contribution in [0.4, 0.5) is 0 Å². The molecule has 1 aromatic rings. The van der Waals surface area contributed by atoms with Crippen LogP contribution in [0.1, 0.15) is 38.7 Å². The SMILES string of the molecule is CCSCCOC(=O)C1=C(C)NC2=C(C(=O)[C@H](C(=O)OC)[C@H](C)C2)[C@@H]1c1ccccc1Cl. The molecule has 32 heavy (non-hydrogen) atoms. The fourth-order valence-corrected chi connectivity index (χ4v) is 5.12. The second kappa shape index (κ2) is 10.6. The number of carbonyl (C=O) groups excluding carboxylic acids is 3. The van der Waals surface area contributed by atoms with Crippen molar-refractivity contribution in [3.63, 3.8) is 0 Å². The third-order valence-electron chi connectivity index (χ3n) is 5.84. The number of halogens is 1. The third-order valence-corrected chi connectivity index (χ3v) is 7.05. The van der Waals surface area contributed by atoms with Crippen LogP contribution in [0.5, 0.6) is 0 Å². The Kier molecular flexibility index (Phi) is 8.06. The Morgan fingerprint density at radius 2 is 2.00 bits per heavy atom. The van der Waals surface area contributed by atoms with E-state index in [9.17, 15) is 14.4 Å². The molecule has 0 radical (unpaired) electrons. The minimum absolute atomic E-state index is 0.236. The van der Waals surface area contributed by atoms with E-state index in [0.29, 0.717) is 45.3 Å². The van der Waals surface area contributed by atoms with Crippen LogP contribution < -0.4 is 5.32 Å². The zero-order valence-electron chi connectivity index (χ0n) is 18.7. The number of allylic oxidation sites excluding steroid dienone is 3. The zero-order valence-corrected chi connectivity index (χ0v) is 20.3. The van der Waals surface area contributed by atoms with Gasteiger partial charge in [-0.2, -0.15) is 11.8 Å². The van der Waals surface area contributed by atoms with E-state index in [2.05, 4.69) is 5.32 Å². The molecule has 1 aliphatic heterocycles. The molecule has 0 unspecified atom stereocenters. The summed E-state index contributed by atoms with van der Waals surface area (Å²) in [5.41, 5.74) is 2.68. The molecular weight excluding hydrogens is 450 g/mol. The van der Waals surface area contributed by atoms with Crippen LogP contribution in [0, 0.1) is 11.8 Å². The molecule has 3 rings (SSSR count). The standard InChI is InChI=1S/C24H28ClNO5S/c1-5-32-11-10-31-24(29)19-14(3)26-17-12-13(2)18(23(28)30-4)22(27)21(17)20(19)15-8-6-7-9-16(15)25/h6-9,13,18,20,26H,5,10-12H2,1-4H3/t13-,18-,20-/m1/s1. The molecule has 172 valence electrons. The van der Waals surface area contributed by atoms with Gasteiger partial charge in [0.2, 0.25) is 0 Å². The van der Waals surface area contributed by atoms with Crippen LogP contribution in [0.3, 0.4) is 0 Å². The number of Topliss-reactive ketones (excluding diaryl/α,β-unsaturated/α-hetero) is 1. The molecule has 0 aromatic heterocycles. The van der Waals surface area contributed by atoms with Crippen molar-refractivity contribution in [3.8, 4) is 0 Å².